The highest BCUT2D eigenvalue weighted by Crippen LogP contribution is 2.72. The number of aldehydes is 1. The van der Waals surface area contributed by atoms with E-state index in [2.05, 4.69) is 46.9 Å². The summed E-state index contributed by atoms with van der Waals surface area (Å²) in [6.45, 7) is 14.9. The first-order valence-corrected chi connectivity index (χ1v) is 18.4. The molecule has 5 fully saturated rings. The van der Waals surface area contributed by atoms with E-state index in [0.717, 1.165) is 49.1 Å². The first kappa shape index (κ1) is 37.0. The largest absolute Gasteiger partial charge is 0.493 e. The molecule has 1 aromatic carbocycles. The minimum atomic E-state index is -0.132. The van der Waals surface area contributed by atoms with Gasteiger partial charge in [-0.05, 0) is 135 Å². The fourth-order valence-corrected chi connectivity index (χ4v) is 11.9. The lowest BCUT2D eigenvalue weighted by molar-refractivity contribution is -0.213. The third-order valence-corrected chi connectivity index (χ3v) is 13.9. The lowest BCUT2D eigenvalue weighted by Gasteiger charge is -2.69. The highest BCUT2D eigenvalue weighted by Gasteiger charge is 2.66. The zero-order chi connectivity index (χ0) is 33.9. The van der Waals surface area contributed by atoms with Crippen LogP contribution in [0.4, 0.5) is 0 Å². The molecule has 1 aromatic rings. The number of carbonyl (C=O) groups is 1. The summed E-state index contributed by atoms with van der Waals surface area (Å²) in [4.78, 5) is 12.1. The van der Waals surface area contributed by atoms with Gasteiger partial charge in [-0.2, -0.15) is 0 Å². The van der Waals surface area contributed by atoms with Gasteiger partial charge in [0.25, 0.3) is 0 Å². The molecule has 46 heavy (non-hydrogen) atoms. The predicted molar refractivity (Wildman–Crippen MR) is 188 cm³/mol. The Morgan fingerprint density at radius 3 is 2.00 bits per heavy atom. The molecule has 5 aliphatic rings. The topological polar surface area (TPSA) is 77.0 Å². The van der Waals surface area contributed by atoms with E-state index >= 15 is 0 Å². The molecule has 9 atom stereocenters. The number of ether oxygens (including phenoxy) is 3. The molecule has 9 unspecified atom stereocenters. The Hall–Kier alpha value is -1.79. The summed E-state index contributed by atoms with van der Waals surface area (Å²) in [6, 6.07) is 3.86. The maximum Gasteiger partial charge on any atom is 0.203 e. The lowest BCUT2D eigenvalue weighted by Crippen LogP contribution is -2.63. The average Bonchev–Trinajstić information content (AvgIpc) is 3.48. The van der Waals surface area contributed by atoms with Gasteiger partial charge < -0.3 is 29.4 Å². The minimum absolute atomic E-state index is 0.0441. The second-order valence-corrected chi connectivity index (χ2v) is 16.5. The predicted octanol–water partition coefficient (Wildman–Crippen LogP) is 8.86. The van der Waals surface area contributed by atoms with Crippen LogP contribution in [0.2, 0.25) is 0 Å². The van der Waals surface area contributed by atoms with Crippen LogP contribution in [0.5, 0.6) is 17.2 Å². The van der Waals surface area contributed by atoms with Gasteiger partial charge >= 0.3 is 0 Å². The van der Waals surface area contributed by atoms with Gasteiger partial charge in [-0.25, -0.2) is 0 Å². The number of carbonyl (C=O) groups excluding carboxylic acids is 1. The Balaban J connectivity index is 0.000000226. The van der Waals surface area contributed by atoms with Crippen molar-refractivity contribution in [3.05, 3.63) is 17.7 Å². The Kier molecular flexibility index (Phi) is 11.9. The molecule has 5 aliphatic carbocycles. The van der Waals surface area contributed by atoms with Crippen LogP contribution < -0.4 is 19.5 Å². The standard InChI is InChI=1S/C26H42O2.C11H17NO3.C3H8/c1-23(2)20-10-13-24(3)18-9-15-26(16-27)12-5-6-19(26)17(18)7-8-21(24)25(20,4)14-11-22(23)28;1-12-7-8-5-9(13-2)11(15-4)10(6-8)14-3;1-3-2/h16-22,28H,5-15H2,1-4H3;5-6,12H,7H2,1-4H3;3H2,1-2H3. The number of benzene rings is 1. The van der Waals surface area contributed by atoms with E-state index in [0.29, 0.717) is 39.9 Å². The van der Waals surface area contributed by atoms with Crippen molar-refractivity contribution in [1.82, 2.24) is 5.32 Å². The van der Waals surface area contributed by atoms with Crippen LogP contribution in [0.25, 0.3) is 0 Å². The summed E-state index contributed by atoms with van der Waals surface area (Å²) in [5, 5.41) is 13.8. The maximum atomic E-state index is 12.1. The van der Waals surface area contributed by atoms with E-state index in [4.69, 9.17) is 14.2 Å². The molecule has 2 N–H and O–H groups in total. The summed E-state index contributed by atoms with van der Waals surface area (Å²) in [6.07, 6.45) is 16.3. The molecule has 5 saturated carbocycles. The van der Waals surface area contributed by atoms with E-state index < -0.39 is 0 Å². The van der Waals surface area contributed by atoms with Crippen molar-refractivity contribution in [3.8, 4) is 17.2 Å². The van der Waals surface area contributed by atoms with Crippen LogP contribution in [0.3, 0.4) is 0 Å². The van der Waals surface area contributed by atoms with Crippen molar-refractivity contribution in [2.75, 3.05) is 28.4 Å². The molecular formula is C40H67NO5. The normalized spacial score (nSPS) is 38.6. The van der Waals surface area contributed by atoms with Crippen molar-refractivity contribution in [3.63, 3.8) is 0 Å². The number of nitrogens with one attached hydrogen (secondary N) is 1. The van der Waals surface area contributed by atoms with E-state index in [1.54, 1.807) is 21.3 Å². The average molecular weight is 642 g/mol. The maximum absolute atomic E-state index is 12.1. The van der Waals surface area contributed by atoms with E-state index in [1.807, 2.05) is 19.2 Å². The first-order chi connectivity index (χ1) is 21.9. The summed E-state index contributed by atoms with van der Waals surface area (Å²) in [7, 11) is 6.71. The third-order valence-electron chi connectivity index (χ3n) is 13.9. The summed E-state index contributed by atoms with van der Waals surface area (Å²) < 4.78 is 15.7. The van der Waals surface area contributed by atoms with Gasteiger partial charge in [0.05, 0.1) is 27.4 Å². The molecule has 0 aromatic heterocycles. The highest BCUT2D eigenvalue weighted by molar-refractivity contribution is 5.61. The van der Waals surface area contributed by atoms with Crippen LogP contribution in [0, 0.1) is 51.2 Å². The molecule has 0 spiro atoms. The quantitative estimate of drug-likeness (QED) is 0.302. The van der Waals surface area contributed by atoms with Crippen LogP contribution >= 0.6 is 0 Å². The minimum Gasteiger partial charge on any atom is -0.493 e. The van der Waals surface area contributed by atoms with E-state index in [9.17, 15) is 9.90 Å². The Morgan fingerprint density at radius 2 is 1.43 bits per heavy atom. The molecule has 0 amide bonds. The van der Waals surface area contributed by atoms with Crippen molar-refractivity contribution >= 4 is 6.29 Å². The number of hydrogen-bond acceptors (Lipinski definition) is 6. The summed E-state index contributed by atoms with van der Waals surface area (Å²) in [5.74, 6) is 5.75. The SMILES string of the molecule is CC1(C)C(O)CCC2(C)C1CCC1(C)C3CCC4(C=O)CCCC4C3CCC12.CCC.CNCc1cc(OC)c(OC)c(OC)c1. The van der Waals surface area contributed by atoms with Gasteiger partial charge in [-0.3, -0.25) is 0 Å². The van der Waals surface area contributed by atoms with Crippen LogP contribution in [0.1, 0.15) is 124 Å². The lowest BCUT2D eigenvalue weighted by atomic mass is 9.36. The fraction of sp³-hybridized carbons (Fsp3) is 0.825. The van der Waals surface area contributed by atoms with Crippen LogP contribution in [-0.2, 0) is 11.3 Å². The third kappa shape index (κ3) is 6.35. The summed E-state index contributed by atoms with van der Waals surface area (Å²) in [5.41, 5.74) is 2.02. The zero-order valence-corrected chi connectivity index (χ0v) is 31.0. The molecule has 0 aliphatic heterocycles. The van der Waals surface area contributed by atoms with Crippen molar-refractivity contribution in [2.24, 2.45) is 51.2 Å². The molecule has 0 radical (unpaired) electrons. The number of aliphatic hydroxyl groups is 1. The van der Waals surface area contributed by atoms with Gasteiger partial charge in [0.1, 0.15) is 6.29 Å². The monoisotopic (exact) mass is 642 g/mol. The number of aliphatic hydroxyl groups excluding tert-OH is 1. The molecule has 6 heteroatoms. The molecule has 0 bridgehead atoms. The highest BCUT2D eigenvalue weighted by atomic mass is 16.5. The number of hydrogen-bond donors (Lipinski definition) is 2. The molecule has 6 nitrogen and oxygen atoms in total. The first-order valence-electron chi connectivity index (χ1n) is 18.4. The van der Waals surface area contributed by atoms with Crippen molar-refractivity contribution in [2.45, 2.75) is 131 Å². The van der Waals surface area contributed by atoms with Gasteiger partial charge in [-0.1, -0.05) is 54.4 Å². The van der Waals surface area contributed by atoms with Gasteiger partial charge in [0.15, 0.2) is 11.5 Å². The van der Waals surface area contributed by atoms with Crippen molar-refractivity contribution < 1.29 is 24.1 Å². The molecule has 6 rings (SSSR count). The zero-order valence-electron chi connectivity index (χ0n) is 31.0. The van der Waals surface area contributed by atoms with Crippen LogP contribution in [0.15, 0.2) is 12.1 Å². The Morgan fingerprint density at radius 1 is 0.804 bits per heavy atom. The van der Waals surface area contributed by atoms with Crippen molar-refractivity contribution in [1.29, 1.82) is 0 Å². The second-order valence-electron chi connectivity index (χ2n) is 16.5. The van der Waals surface area contributed by atoms with Crippen LogP contribution in [-0.4, -0.2) is 45.9 Å². The molecule has 0 heterocycles. The molecule has 0 saturated heterocycles. The second kappa shape index (κ2) is 14.8. The Labute approximate surface area is 281 Å². The van der Waals surface area contributed by atoms with E-state index in [1.165, 1.54) is 64.1 Å². The fourth-order valence-electron chi connectivity index (χ4n) is 11.9. The molecular weight excluding hydrogens is 574 g/mol. The van der Waals surface area contributed by atoms with E-state index in [-0.39, 0.29) is 16.9 Å². The number of rotatable bonds is 6. The number of fused-ring (bicyclic) bond motifs is 7. The Bertz CT molecular complexity index is 1140. The van der Waals surface area contributed by atoms with Gasteiger partial charge in [-0.15, -0.1) is 0 Å². The smallest absolute Gasteiger partial charge is 0.203 e. The summed E-state index contributed by atoms with van der Waals surface area (Å²) >= 11 is 0. The van der Waals surface area contributed by atoms with Gasteiger partial charge in [0.2, 0.25) is 5.75 Å². The van der Waals surface area contributed by atoms with Gasteiger partial charge in [0, 0.05) is 12.0 Å². The molecule has 262 valence electrons. The number of methoxy groups -OCH3 is 3.